The molecule has 0 aliphatic carbocycles. The predicted octanol–water partition coefficient (Wildman–Crippen LogP) is 2.00. The average molecular weight is 295 g/mol. The number of hydrogen-bond acceptors (Lipinski definition) is 4. The van der Waals surface area contributed by atoms with Gasteiger partial charge in [-0.05, 0) is 12.0 Å². The van der Waals surface area contributed by atoms with Crippen LogP contribution in [-0.2, 0) is 21.0 Å². The number of carbonyl (C=O) groups is 1. The van der Waals surface area contributed by atoms with E-state index in [4.69, 9.17) is 9.57 Å². The second kappa shape index (κ2) is 8.77. The second-order valence-corrected chi connectivity index (χ2v) is 5.07. The van der Waals surface area contributed by atoms with E-state index >= 15 is 0 Å². The van der Waals surface area contributed by atoms with Gasteiger partial charge in [-0.1, -0.05) is 44.2 Å². The molecule has 0 aromatic heterocycles. The molecule has 0 saturated carbocycles. The van der Waals surface area contributed by atoms with E-state index in [1.807, 2.05) is 44.2 Å². The van der Waals surface area contributed by atoms with E-state index < -0.39 is 12.2 Å². The third-order valence-electron chi connectivity index (χ3n) is 3.60. The fourth-order valence-electron chi connectivity index (χ4n) is 2.05. The molecule has 0 fully saturated rings. The summed E-state index contributed by atoms with van der Waals surface area (Å²) in [4.78, 5) is 17.3. The zero-order chi connectivity index (χ0) is 15.8. The fourth-order valence-corrected chi connectivity index (χ4v) is 2.05. The van der Waals surface area contributed by atoms with Gasteiger partial charge in [0.25, 0.3) is 5.91 Å². The molecule has 3 atom stereocenters. The number of ether oxygens (including phenoxy) is 1. The Balaban J connectivity index is 2.78. The van der Waals surface area contributed by atoms with Crippen molar-refractivity contribution in [1.29, 1.82) is 0 Å². The molecular weight excluding hydrogens is 270 g/mol. The smallest absolute Gasteiger partial charge is 0.275 e. The molecule has 5 heteroatoms. The van der Waals surface area contributed by atoms with E-state index in [9.17, 15) is 9.90 Å². The number of rotatable bonds is 8. The van der Waals surface area contributed by atoms with Crippen LogP contribution < -0.4 is 0 Å². The molecule has 1 N–H and O–H groups in total. The summed E-state index contributed by atoms with van der Waals surface area (Å²) in [6.07, 6.45) is -0.777. The molecule has 1 rings (SSSR count). The van der Waals surface area contributed by atoms with Crippen LogP contribution >= 0.6 is 0 Å². The summed E-state index contributed by atoms with van der Waals surface area (Å²) in [5.74, 6) is -0.614. The molecule has 0 aliphatic rings. The topological polar surface area (TPSA) is 59.0 Å². The van der Waals surface area contributed by atoms with Crippen molar-refractivity contribution in [3.63, 3.8) is 0 Å². The Kier molecular flexibility index (Phi) is 7.36. The number of likely N-dealkylation sites (N-methyl/N-ethyl adjacent to an activating group) is 1. The Morgan fingerprint density at radius 2 is 1.95 bits per heavy atom. The minimum atomic E-state index is -0.745. The lowest BCUT2D eigenvalue weighted by Gasteiger charge is -2.29. The van der Waals surface area contributed by atoms with Crippen molar-refractivity contribution in [3.05, 3.63) is 35.9 Å². The molecule has 1 aromatic carbocycles. The van der Waals surface area contributed by atoms with Gasteiger partial charge in [0.1, 0.15) is 6.10 Å². The van der Waals surface area contributed by atoms with Gasteiger partial charge in [-0.3, -0.25) is 9.63 Å². The highest BCUT2D eigenvalue weighted by molar-refractivity contribution is 5.80. The summed E-state index contributed by atoms with van der Waals surface area (Å²) in [5.41, 5.74) is 0.980. The average Bonchev–Trinajstić information content (AvgIpc) is 2.53. The van der Waals surface area contributed by atoms with Crippen LogP contribution in [0.5, 0.6) is 0 Å². The van der Waals surface area contributed by atoms with Gasteiger partial charge in [0.05, 0.1) is 19.8 Å². The van der Waals surface area contributed by atoms with Gasteiger partial charge in [-0.15, -0.1) is 0 Å². The molecule has 0 saturated heterocycles. The Labute approximate surface area is 126 Å². The lowest BCUT2D eigenvalue weighted by Crippen LogP contribution is -2.44. The van der Waals surface area contributed by atoms with Crippen molar-refractivity contribution in [2.45, 2.75) is 39.1 Å². The molecule has 0 aliphatic heterocycles. The van der Waals surface area contributed by atoms with Gasteiger partial charge in [0.2, 0.25) is 0 Å². The number of aliphatic hydroxyl groups excluding tert-OH is 1. The Morgan fingerprint density at radius 3 is 2.48 bits per heavy atom. The molecule has 1 amide bonds. The monoisotopic (exact) mass is 295 g/mol. The number of benzene rings is 1. The maximum atomic E-state index is 12.3. The summed E-state index contributed by atoms with van der Waals surface area (Å²) >= 11 is 0. The zero-order valence-electron chi connectivity index (χ0n) is 13.2. The normalized spacial score (nSPS) is 15.3. The van der Waals surface area contributed by atoms with E-state index in [0.717, 1.165) is 10.6 Å². The van der Waals surface area contributed by atoms with Crippen LogP contribution in [-0.4, -0.2) is 42.4 Å². The lowest BCUT2D eigenvalue weighted by atomic mass is 9.95. The summed E-state index contributed by atoms with van der Waals surface area (Å²) < 4.78 is 5.77. The molecule has 0 heterocycles. The first kappa shape index (κ1) is 17.6. The SMILES string of the molecule is CC[C@@H](O)[C@@H](C)[C@@H](OCc1ccccc1)C(=O)N(C)OC. The number of carbonyl (C=O) groups excluding carboxylic acids is 1. The molecule has 5 nitrogen and oxygen atoms in total. The standard InChI is InChI=1S/C16H25NO4/c1-5-14(18)12(2)15(16(19)17(3)20-4)21-11-13-9-7-6-8-10-13/h6-10,12,14-15,18H,5,11H2,1-4H3/t12-,14-,15-/m1/s1. The number of aliphatic hydroxyl groups is 1. The quantitative estimate of drug-likeness (QED) is 0.745. The molecule has 0 radical (unpaired) electrons. The number of nitrogens with zero attached hydrogens (tertiary/aromatic N) is 1. The molecule has 118 valence electrons. The summed E-state index contributed by atoms with van der Waals surface area (Å²) in [6, 6.07) is 9.63. The van der Waals surface area contributed by atoms with Gasteiger partial charge >= 0.3 is 0 Å². The molecule has 1 aromatic rings. The van der Waals surface area contributed by atoms with Crippen molar-refractivity contribution < 1.29 is 19.5 Å². The predicted molar refractivity (Wildman–Crippen MR) is 80.3 cm³/mol. The van der Waals surface area contributed by atoms with Crippen molar-refractivity contribution in [1.82, 2.24) is 5.06 Å². The molecule has 21 heavy (non-hydrogen) atoms. The van der Waals surface area contributed by atoms with E-state index in [0.29, 0.717) is 13.0 Å². The highest BCUT2D eigenvalue weighted by Gasteiger charge is 2.32. The van der Waals surface area contributed by atoms with Crippen molar-refractivity contribution in [2.24, 2.45) is 5.92 Å². The first-order valence-corrected chi connectivity index (χ1v) is 7.16. The highest BCUT2D eigenvalue weighted by atomic mass is 16.7. The summed E-state index contributed by atoms with van der Waals surface area (Å²) in [7, 11) is 2.96. The van der Waals surface area contributed by atoms with E-state index in [-0.39, 0.29) is 11.8 Å². The minimum absolute atomic E-state index is 0.298. The van der Waals surface area contributed by atoms with Crippen LogP contribution in [0.1, 0.15) is 25.8 Å². The lowest BCUT2D eigenvalue weighted by molar-refractivity contribution is -0.187. The Hall–Kier alpha value is -1.43. The van der Waals surface area contributed by atoms with Crippen LogP contribution in [0.2, 0.25) is 0 Å². The molecule has 0 spiro atoms. The van der Waals surface area contributed by atoms with Crippen molar-refractivity contribution in [2.75, 3.05) is 14.2 Å². The van der Waals surface area contributed by atoms with Gasteiger partial charge in [0.15, 0.2) is 0 Å². The van der Waals surface area contributed by atoms with Gasteiger partial charge in [-0.2, -0.15) is 0 Å². The van der Waals surface area contributed by atoms with Crippen LogP contribution in [0, 0.1) is 5.92 Å². The maximum Gasteiger partial charge on any atom is 0.275 e. The minimum Gasteiger partial charge on any atom is -0.393 e. The Bertz CT molecular complexity index is 424. The molecule has 0 unspecified atom stereocenters. The summed E-state index contributed by atoms with van der Waals surface area (Å²) in [6.45, 7) is 4.00. The largest absolute Gasteiger partial charge is 0.393 e. The zero-order valence-corrected chi connectivity index (χ0v) is 13.2. The number of hydrogen-bond donors (Lipinski definition) is 1. The second-order valence-electron chi connectivity index (χ2n) is 5.07. The molecule has 0 bridgehead atoms. The van der Waals surface area contributed by atoms with Crippen molar-refractivity contribution >= 4 is 5.91 Å². The maximum absolute atomic E-state index is 12.3. The van der Waals surface area contributed by atoms with E-state index in [2.05, 4.69) is 0 Å². The van der Waals surface area contributed by atoms with Gasteiger partial charge < -0.3 is 9.84 Å². The van der Waals surface area contributed by atoms with Crippen molar-refractivity contribution in [3.8, 4) is 0 Å². The number of hydroxylamine groups is 2. The first-order chi connectivity index (χ1) is 10.0. The third kappa shape index (κ3) is 5.12. The van der Waals surface area contributed by atoms with Crippen LogP contribution in [0.3, 0.4) is 0 Å². The van der Waals surface area contributed by atoms with Gasteiger partial charge in [-0.25, -0.2) is 5.06 Å². The third-order valence-corrected chi connectivity index (χ3v) is 3.60. The van der Waals surface area contributed by atoms with Gasteiger partial charge in [0, 0.05) is 13.0 Å². The number of amides is 1. The van der Waals surface area contributed by atoms with Crippen LogP contribution in [0.4, 0.5) is 0 Å². The molecular formula is C16H25NO4. The van der Waals surface area contributed by atoms with Crippen LogP contribution in [0.25, 0.3) is 0 Å². The van der Waals surface area contributed by atoms with E-state index in [1.54, 1.807) is 0 Å². The van der Waals surface area contributed by atoms with Crippen LogP contribution in [0.15, 0.2) is 30.3 Å². The Morgan fingerprint density at radius 1 is 1.33 bits per heavy atom. The van der Waals surface area contributed by atoms with E-state index in [1.165, 1.54) is 14.2 Å². The summed E-state index contributed by atoms with van der Waals surface area (Å²) in [5, 5.41) is 11.1. The fraction of sp³-hybridized carbons (Fsp3) is 0.562. The first-order valence-electron chi connectivity index (χ1n) is 7.16. The highest BCUT2D eigenvalue weighted by Crippen LogP contribution is 2.18.